The molecule has 23 heavy (non-hydrogen) atoms. The molecule has 0 spiro atoms. The van der Waals surface area contributed by atoms with E-state index in [1.165, 1.54) is 0 Å². The minimum Gasteiger partial charge on any atom is -0.364 e. The van der Waals surface area contributed by atoms with Gasteiger partial charge in [-0.25, -0.2) is 0 Å². The van der Waals surface area contributed by atoms with Gasteiger partial charge in [-0.15, -0.1) is 0 Å². The van der Waals surface area contributed by atoms with Crippen molar-refractivity contribution in [2.24, 2.45) is 5.73 Å². The Morgan fingerprint density at radius 2 is 2.00 bits per heavy atom. The van der Waals surface area contributed by atoms with Crippen molar-refractivity contribution >= 4 is 11.8 Å². The molecule has 0 radical (unpaired) electrons. The molecule has 3 rings (SSSR count). The van der Waals surface area contributed by atoms with Crippen molar-refractivity contribution < 1.29 is 9.59 Å². The summed E-state index contributed by atoms with van der Waals surface area (Å²) in [7, 11) is 0. The number of primary amides is 1. The lowest BCUT2D eigenvalue weighted by Gasteiger charge is -2.31. The minimum atomic E-state index is -0.528. The number of aromatic amines is 1. The molecule has 0 aliphatic carbocycles. The van der Waals surface area contributed by atoms with Gasteiger partial charge in [0, 0.05) is 30.3 Å². The third-order valence-corrected chi connectivity index (χ3v) is 4.34. The first kappa shape index (κ1) is 15.3. The van der Waals surface area contributed by atoms with Crippen LogP contribution in [-0.2, 0) is 0 Å². The van der Waals surface area contributed by atoms with Crippen molar-refractivity contribution in [1.29, 1.82) is 0 Å². The van der Waals surface area contributed by atoms with Crippen LogP contribution in [-0.4, -0.2) is 40.0 Å². The SMILES string of the molecule is Cc1cccc(C(=O)N2CCC(c3cc(C(N)=O)n[nH]3)CC2)c1. The molecule has 6 nitrogen and oxygen atoms in total. The van der Waals surface area contributed by atoms with E-state index in [4.69, 9.17) is 5.73 Å². The molecule has 0 atom stereocenters. The molecule has 0 unspecified atom stereocenters. The van der Waals surface area contributed by atoms with E-state index in [0.717, 1.165) is 29.7 Å². The van der Waals surface area contributed by atoms with Crippen LogP contribution in [0.1, 0.15) is 50.9 Å². The Kier molecular flexibility index (Phi) is 4.14. The highest BCUT2D eigenvalue weighted by atomic mass is 16.2. The standard InChI is InChI=1S/C17H20N4O2/c1-11-3-2-4-13(9-11)17(23)21-7-5-12(6-8-21)14-10-15(16(18)22)20-19-14/h2-4,9-10,12H,5-8H2,1H3,(H2,18,22)(H,19,20). The van der Waals surface area contributed by atoms with E-state index < -0.39 is 5.91 Å². The number of benzene rings is 1. The molecular formula is C17H20N4O2. The summed E-state index contributed by atoms with van der Waals surface area (Å²) in [4.78, 5) is 25.5. The zero-order valence-electron chi connectivity index (χ0n) is 13.1. The molecule has 1 saturated heterocycles. The molecule has 6 heteroatoms. The summed E-state index contributed by atoms with van der Waals surface area (Å²) in [5.41, 5.74) is 8.22. The van der Waals surface area contributed by atoms with Crippen molar-refractivity contribution in [2.45, 2.75) is 25.7 Å². The fraction of sp³-hybridized carbons (Fsp3) is 0.353. The van der Waals surface area contributed by atoms with Gasteiger partial charge in [0.25, 0.3) is 11.8 Å². The highest BCUT2D eigenvalue weighted by Crippen LogP contribution is 2.27. The Morgan fingerprint density at radius 3 is 2.61 bits per heavy atom. The number of carbonyl (C=O) groups is 2. The van der Waals surface area contributed by atoms with Crippen molar-refractivity contribution in [2.75, 3.05) is 13.1 Å². The Morgan fingerprint density at radius 1 is 1.26 bits per heavy atom. The number of carbonyl (C=O) groups excluding carboxylic acids is 2. The number of piperidine rings is 1. The number of nitrogens with two attached hydrogens (primary N) is 1. The van der Waals surface area contributed by atoms with Crippen molar-refractivity contribution in [3.8, 4) is 0 Å². The Bertz CT molecular complexity index is 730. The number of hydrogen-bond acceptors (Lipinski definition) is 3. The van der Waals surface area contributed by atoms with Gasteiger partial charge < -0.3 is 10.6 Å². The second-order valence-corrected chi connectivity index (χ2v) is 6.01. The number of aryl methyl sites for hydroxylation is 1. The molecule has 2 heterocycles. The molecule has 1 aliphatic rings. The molecule has 0 saturated carbocycles. The predicted molar refractivity (Wildman–Crippen MR) is 86.2 cm³/mol. The van der Waals surface area contributed by atoms with Gasteiger partial charge in [-0.05, 0) is 38.0 Å². The number of nitrogens with one attached hydrogen (secondary N) is 1. The Labute approximate surface area is 134 Å². The van der Waals surface area contributed by atoms with Gasteiger partial charge in [0.05, 0.1) is 0 Å². The number of hydrogen-bond donors (Lipinski definition) is 2. The van der Waals surface area contributed by atoms with Crippen molar-refractivity contribution in [3.05, 3.63) is 52.8 Å². The molecule has 1 fully saturated rings. The van der Waals surface area contributed by atoms with Gasteiger partial charge in [0.2, 0.25) is 0 Å². The fourth-order valence-corrected chi connectivity index (χ4v) is 3.03. The van der Waals surface area contributed by atoms with Gasteiger partial charge in [-0.2, -0.15) is 5.10 Å². The third-order valence-electron chi connectivity index (χ3n) is 4.34. The zero-order valence-corrected chi connectivity index (χ0v) is 13.1. The maximum atomic E-state index is 12.5. The summed E-state index contributed by atoms with van der Waals surface area (Å²) in [6, 6.07) is 9.38. The third kappa shape index (κ3) is 3.26. The lowest BCUT2D eigenvalue weighted by atomic mass is 9.93. The first-order valence-corrected chi connectivity index (χ1v) is 7.75. The highest BCUT2D eigenvalue weighted by Gasteiger charge is 2.26. The molecule has 2 aromatic rings. The number of rotatable bonds is 3. The Hall–Kier alpha value is -2.63. The van der Waals surface area contributed by atoms with E-state index in [1.54, 1.807) is 6.07 Å². The van der Waals surface area contributed by atoms with Crippen LogP contribution >= 0.6 is 0 Å². The van der Waals surface area contributed by atoms with Crippen LogP contribution in [0, 0.1) is 6.92 Å². The quantitative estimate of drug-likeness (QED) is 0.905. The maximum absolute atomic E-state index is 12.5. The summed E-state index contributed by atoms with van der Waals surface area (Å²) in [5.74, 6) is -0.175. The molecule has 1 aliphatic heterocycles. The van der Waals surface area contributed by atoms with Crippen molar-refractivity contribution in [3.63, 3.8) is 0 Å². The second-order valence-electron chi connectivity index (χ2n) is 6.01. The summed E-state index contributed by atoms with van der Waals surface area (Å²) < 4.78 is 0. The number of likely N-dealkylation sites (tertiary alicyclic amines) is 1. The molecule has 1 aromatic carbocycles. The van der Waals surface area contributed by atoms with Crippen LogP contribution in [0.4, 0.5) is 0 Å². The lowest BCUT2D eigenvalue weighted by Crippen LogP contribution is -2.38. The number of aromatic nitrogens is 2. The van der Waals surface area contributed by atoms with Crippen LogP contribution in [0.5, 0.6) is 0 Å². The number of amides is 2. The second kappa shape index (κ2) is 6.24. The first-order valence-electron chi connectivity index (χ1n) is 7.75. The van der Waals surface area contributed by atoms with E-state index in [2.05, 4.69) is 10.2 Å². The maximum Gasteiger partial charge on any atom is 0.269 e. The summed E-state index contributed by atoms with van der Waals surface area (Å²) in [6.45, 7) is 3.38. The summed E-state index contributed by atoms with van der Waals surface area (Å²) in [5, 5.41) is 6.81. The molecule has 120 valence electrons. The molecular weight excluding hydrogens is 292 g/mol. The largest absolute Gasteiger partial charge is 0.364 e. The average Bonchev–Trinajstić information content (AvgIpc) is 3.04. The van der Waals surface area contributed by atoms with E-state index >= 15 is 0 Å². The fourth-order valence-electron chi connectivity index (χ4n) is 3.03. The van der Waals surface area contributed by atoms with E-state index in [0.29, 0.717) is 13.1 Å². The van der Waals surface area contributed by atoms with Gasteiger partial charge in [-0.1, -0.05) is 17.7 Å². The molecule has 1 aromatic heterocycles. The van der Waals surface area contributed by atoms with E-state index in [-0.39, 0.29) is 17.5 Å². The molecule has 0 bridgehead atoms. The number of H-pyrrole nitrogens is 1. The van der Waals surface area contributed by atoms with Gasteiger partial charge in [0.15, 0.2) is 0 Å². The lowest BCUT2D eigenvalue weighted by molar-refractivity contribution is 0.0712. The van der Waals surface area contributed by atoms with Gasteiger partial charge in [-0.3, -0.25) is 14.7 Å². The van der Waals surface area contributed by atoms with Crippen LogP contribution in [0.2, 0.25) is 0 Å². The smallest absolute Gasteiger partial charge is 0.269 e. The monoisotopic (exact) mass is 312 g/mol. The number of nitrogens with zero attached hydrogens (tertiary/aromatic N) is 2. The van der Waals surface area contributed by atoms with E-state index in [9.17, 15) is 9.59 Å². The minimum absolute atomic E-state index is 0.0783. The normalized spacial score (nSPS) is 15.6. The van der Waals surface area contributed by atoms with Crippen molar-refractivity contribution in [1.82, 2.24) is 15.1 Å². The average molecular weight is 312 g/mol. The van der Waals surface area contributed by atoms with Crippen LogP contribution in [0.25, 0.3) is 0 Å². The van der Waals surface area contributed by atoms with Crippen LogP contribution in [0.15, 0.2) is 30.3 Å². The first-order chi connectivity index (χ1) is 11.0. The molecule has 2 amide bonds. The summed E-state index contributed by atoms with van der Waals surface area (Å²) >= 11 is 0. The van der Waals surface area contributed by atoms with Gasteiger partial charge in [0.1, 0.15) is 5.69 Å². The predicted octanol–water partition coefficient (Wildman–Crippen LogP) is 1.84. The highest BCUT2D eigenvalue weighted by molar-refractivity contribution is 5.94. The van der Waals surface area contributed by atoms with E-state index in [1.807, 2.05) is 36.1 Å². The molecule has 3 N–H and O–H groups in total. The topological polar surface area (TPSA) is 92.1 Å². The van der Waals surface area contributed by atoms with Crippen LogP contribution < -0.4 is 5.73 Å². The van der Waals surface area contributed by atoms with Gasteiger partial charge >= 0.3 is 0 Å². The zero-order chi connectivity index (χ0) is 16.4. The summed E-state index contributed by atoms with van der Waals surface area (Å²) in [6.07, 6.45) is 1.69. The Balaban J connectivity index is 1.63. The van der Waals surface area contributed by atoms with Crippen LogP contribution in [0.3, 0.4) is 0 Å².